The van der Waals surface area contributed by atoms with E-state index in [1.807, 2.05) is 59.7 Å². The Labute approximate surface area is 120 Å². The van der Waals surface area contributed by atoms with Crippen LogP contribution < -0.4 is 9.64 Å². The van der Waals surface area contributed by atoms with Crippen LogP contribution in [0.4, 0.5) is 5.69 Å². The zero-order valence-electron chi connectivity index (χ0n) is 14.0. The van der Waals surface area contributed by atoms with Crippen molar-refractivity contribution in [2.75, 3.05) is 32.2 Å². The summed E-state index contributed by atoms with van der Waals surface area (Å²) in [6.07, 6.45) is 0. The minimum absolute atomic E-state index is 0.799. The van der Waals surface area contributed by atoms with Crippen LogP contribution in [-0.4, -0.2) is 32.4 Å². The third-order valence-corrected chi connectivity index (χ3v) is 1.96. The van der Waals surface area contributed by atoms with Crippen molar-refractivity contribution >= 4 is 5.69 Å². The van der Waals surface area contributed by atoms with E-state index in [0.717, 1.165) is 26.0 Å². The normalized spacial score (nSPS) is 10.3. The number of benzene rings is 1. The van der Waals surface area contributed by atoms with Gasteiger partial charge in [0, 0.05) is 14.2 Å². The van der Waals surface area contributed by atoms with E-state index in [-0.39, 0.29) is 0 Å². The first-order valence-electron chi connectivity index (χ1n) is 7.25. The Balaban J connectivity index is -0.000000278. The van der Waals surface area contributed by atoms with Gasteiger partial charge < -0.3 is 14.7 Å². The number of likely N-dealkylation sites (N-methyl/N-ethyl adjacent to an activating group) is 1. The summed E-state index contributed by atoms with van der Waals surface area (Å²) in [7, 11) is 3.08. The number of hydrogen-bond donors (Lipinski definition) is 1. The molecule has 1 aliphatic rings. The van der Waals surface area contributed by atoms with Crippen molar-refractivity contribution in [2.45, 2.75) is 41.5 Å². The molecule has 19 heavy (non-hydrogen) atoms. The molecule has 0 saturated heterocycles. The molecule has 0 amide bonds. The third kappa shape index (κ3) is 9.37. The molecule has 0 aliphatic carbocycles. The van der Waals surface area contributed by atoms with Gasteiger partial charge in [-0.1, -0.05) is 53.7 Å². The molecule has 0 radical (unpaired) electrons. The average molecular weight is 271 g/mol. The van der Waals surface area contributed by atoms with Crippen LogP contribution >= 0.6 is 0 Å². The van der Waals surface area contributed by atoms with Crippen molar-refractivity contribution in [3.05, 3.63) is 24.3 Å². The second-order valence-corrected chi connectivity index (χ2v) is 2.74. The molecule has 1 N–H and O–H groups in total. The van der Waals surface area contributed by atoms with E-state index in [1.165, 1.54) is 5.69 Å². The van der Waals surface area contributed by atoms with Gasteiger partial charge >= 0.3 is 0 Å². The Kier molecular flexibility index (Phi) is 23.1. The number of fused-ring (bicyclic) bond motifs is 1. The van der Waals surface area contributed by atoms with E-state index in [1.54, 1.807) is 0 Å². The van der Waals surface area contributed by atoms with Gasteiger partial charge in [0.25, 0.3) is 0 Å². The van der Waals surface area contributed by atoms with Gasteiger partial charge in [-0.3, -0.25) is 0 Å². The molecule has 0 unspecified atom stereocenters. The lowest BCUT2D eigenvalue weighted by Crippen LogP contribution is -2.28. The second-order valence-electron chi connectivity index (χ2n) is 2.74. The Bertz CT molecular complexity index is 265. The summed E-state index contributed by atoms with van der Waals surface area (Å²) in [6.45, 7) is 13.8. The molecule has 114 valence electrons. The summed E-state index contributed by atoms with van der Waals surface area (Å²) in [5.41, 5.74) is 1.19. The van der Waals surface area contributed by atoms with Gasteiger partial charge in [0.1, 0.15) is 12.4 Å². The van der Waals surface area contributed by atoms with Gasteiger partial charge in [-0.25, -0.2) is 0 Å². The topological polar surface area (TPSA) is 32.7 Å². The molecule has 1 aromatic rings. The molecular weight excluding hydrogens is 238 g/mol. The summed E-state index contributed by atoms with van der Waals surface area (Å²) in [5.74, 6) is 1.00. The van der Waals surface area contributed by atoms with Crippen LogP contribution in [0.5, 0.6) is 5.75 Å². The van der Waals surface area contributed by atoms with E-state index in [4.69, 9.17) is 9.84 Å². The van der Waals surface area contributed by atoms with Crippen molar-refractivity contribution in [3.63, 3.8) is 0 Å². The van der Waals surface area contributed by atoms with Gasteiger partial charge in [0.05, 0.1) is 12.2 Å². The lowest BCUT2D eigenvalue weighted by Gasteiger charge is -2.27. The fourth-order valence-corrected chi connectivity index (χ4v) is 1.31. The predicted molar refractivity (Wildman–Crippen MR) is 87.4 cm³/mol. The largest absolute Gasteiger partial charge is 0.490 e. The number of hydrogen-bond acceptors (Lipinski definition) is 3. The molecule has 0 atom stereocenters. The number of aliphatic hydroxyl groups excluding tert-OH is 1. The molecular formula is C16H33NO2. The highest BCUT2D eigenvalue weighted by Gasteiger charge is 2.12. The molecule has 0 fully saturated rings. The fraction of sp³-hybridized carbons (Fsp3) is 0.625. The molecule has 2 rings (SSSR count). The lowest BCUT2D eigenvalue weighted by molar-refractivity contribution is 0.311. The average Bonchev–Trinajstić information content (AvgIpc) is 2.56. The molecule has 1 aromatic carbocycles. The highest BCUT2D eigenvalue weighted by molar-refractivity contribution is 5.58. The minimum atomic E-state index is 0.799. The SMILES string of the molecule is CC.CC.CC.CN1CCOc2ccccc21.CO. The monoisotopic (exact) mass is 271 g/mol. The molecule has 3 nitrogen and oxygen atoms in total. The van der Waals surface area contributed by atoms with Crippen molar-refractivity contribution in [1.29, 1.82) is 0 Å². The highest BCUT2D eigenvalue weighted by atomic mass is 16.5. The molecule has 0 spiro atoms. The minimum Gasteiger partial charge on any atom is -0.490 e. The number of nitrogens with zero attached hydrogens (tertiary/aromatic N) is 1. The van der Waals surface area contributed by atoms with Crippen LogP contribution in [0.3, 0.4) is 0 Å². The van der Waals surface area contributed by atoms with Crippen molar-refractivity contribution < 1.29 is 9.84 Å². The predicted octanol–water partition coefficient (Wildman–Crippen LogP) is 4.20. The molecule has 0 saturated carbocycles. The van der Waals surface area contributed by atoms with Crippen molar-refractivity contribution in [3.8, 4) is 5.75 Å². The van der Waals surface area contributed by atoms with Crippen LogP contribution in [0.2, 0.25) is 0 Å². The lowest BCUT2D eigenvalue weighted by atomic mass is 10.2. The standard InChI is InChI=1S/C9H11NO.3C2H6.CH4O/c1-10-6-7-11-9-5-3-2-4-8(9)10;4*1-2/h2-5H,6-7H2,1H3;3*1-2H3;2H,1H3. The number of aliphatic hydroxyl groups is 1. The maximum Gasteiger partial charge on any atom is 0.142 e. The second kappa shape index (κ2) is 19.1. The third-order valence-electron chi connectivity index (χ3n) is 1.96. The van der Waals surface area contributed by atoms with Crippen LogP contribution in [0.25, 0.3) is 0 Å². The van der Waals surface area contributed by atoms with Crippen LogP contribution in [-0.2, 0) is 0 Å². The van der Waals surface area contributed by atoms with E-state index in [0.29, 0.717) is 0 Å². The molecule has 0 bridgehead atoms. The number of anilines is 1. The van der Waals surface area contributed by atoms with Gasteiger partial charge in [-0.2, -0.15) is 0 Å². The first-order valence-corrected chi connectivity index (χ1v) is 7.25. The Morgan fingerprint density at radius 3 is 1.89 bits per heavy atom. The maximum absolute atomic E-state index is 7.00. The van der Waals surface area contributed by atoms with Crippen molar-refractivity contribution in [2.24, 2.45) is 0 Å². The number of para-hydroxylation sites is 2. The summed E-state index contributed by atoms with van der Waals surface area (Å²) >= 11 is 0. The Morgan fingerprint density at radius 2 is 1.42 bits per heavy atom. The highest BCUT2D eigenvalue weighted by Crippen LogP contribution is 2.29. The summed E-state index contributed by atoms with van der Waals surface area (Å²) in [4.78, 5) is 2.21. The molecule has 1 aliphatic heterocycles. The molecule has 1 heterocycles. The van der Waals surface area contributed by atoms with Crippen molar-refractivity contribution in [1.82, 2.24) is 0 Å². The van der Waals surface area contributed by atoms with E-state index >= 15 is 0 Å². The first kappa shape index (κ1) is 22.9. The van der Waals surface area contributed by atoms with Crippen LogP contribution in [0.1, 0.15) is 41.5 Å². The zero-order valence-corrected chi connectivity index (χ0v) is 14.0. The fourth-order valence-electron chi connectivity index (χ4n) is 1.31. The summed E-state index contributed by atoms with van der Waals surface area (Å²) in [6, 6.07) is 8.11. The van der Waals surface area contributed by atoms with Crippen LogP contribution in [0.15, 0.2) is 24.3 Å². The van der Waals surface area contributed by atoms with Crippen LogP contribution in [0, 0.1) is 0 Å². The number of rotatable bonds is 0. The smallest absolute Gasteiger partial charge is 0.142 e. The van der Waals surface area contributed by atoms with Gasteiger partial charge in [0.2, 0.25) is 0 Å². The zero-order chi connectivity index (χ0) is 15.7. The van der Waals surface area contributed by atoms with E-state index in [9.17, 15) is 0 Å². The maximum atomic E-state index is 7.00. The number of ether oxygens (including phenoxy) is 1. The summed E-state index contributed by atoms with van der Waals surface area (Å²) in [5, 5.41) is 7.00. The van der Waals surface area contributed by atoms with E-state index in [2.05, 4.69) is 18.0 Å². The molecule has 3 heteroatoms. The first-order chi connectivity index (χ1) is 9.38. The Hall–Kier alpha value is -1.22. The van der Waals surface area contributed by atoms with E-state index < -0.39 is 0 Å². The molecule has 0 aromatic heterocycles. The van der Waals surface area contributed by atoms with Gasteiger partial charge in [-0.15, -0.1) is 0 Å². The summed E-state index contributed by atoms with van der Waals surface area (Å²) < 4.78 is 5.45. The van der Waals surface area contributed by atoms with Gasteiger partial charge in [-0.05, 0) is 12.1 Å². The van der Waals surface area contributed by atoms with Gasteiger partial charge in [0.15, 0.2) is 0 Å². The Morgan fingerprint density at radius 1 is 0.947 bits per heavy atom. The quantitative estimate of drug-likeness (QED) is 0.767.